The Balaban J connectivity index is 1.98. The highest BCUT2D eigenvalue weighted by molar-refractivity contribution is 7.10. The highest BCUT2D eigenvalue weighted by atomic mass is 32.1. The van der Waals surface area contributed by atoms with E-state index in [2.05, 4.69) is 53.2 Å². The maximum atomic E-state index is 3.30. The fourth-order valence-corrected chi connectivity index (χ4v) is 2.91. The smallest absolute Gasteiger partial charge is 0.0414 e. The summed E-state index contributed by atoms with van der Waals surface area (Å²) < 4.78 is 0. The maximum Gasteiger partial charge on any atom is 0.0414 e. The molecule has 3 rings (SSSR count). The summed E-state index contributed by atoms with van der Waals surface area (Å²) in [5.41, 5.74) is 4.08. The molecule has 1 aromatic heterocycles. The maximum absolute atomic E-state index is 3.30. The van der Waals surface area contributed by atoms with Crippen LogP contribution in [-0.4, -0.2) is 7.05 Å². The van der Waals surface area contributed by atoms with E-state index in [1.54, 1.807) is 11.3 Å². The molecule has 1 saturated carbocycles. The van der Waals surface area contributed by atoms with E-state index >= 15 is 0 Å². The number of thiophene rings is 1. The van der Waals surface area contributed by atoms with Crippen LogP contribution in [0.3, 0.4) is 0 Å². The first-order valence-electron chi connectivity index (χ1n) is 6.41. The van der Waals surface area contributed by atoms with Crippen LogP contribution >= 0.6 is 11.3 Å². The van der Waals surface area contributed by atoms with Gasteiger partial charge in [-0.05, 0) is 47.9 Å². The van der Waals surface area contributed by atoms with E-state index in [1.165, 1.54) is 34.5 Å². The summed E-state index contributed by atoms with van der Waals surface area (Å²) in [5.74, 6) is 0.779. The molecule has 2 aromatic rings. The molecule has 18 heavy (non-hydrogen) atoms. The molecule has 0 bridgehead atoms. The van der Waals surface area contributed by atoms with E-state index in [4.69, 9.17) is 0 Å². The quantitative estimate of drug-likeness (QED) is 0.824. The third kappa shape index (κ3) is 2.34. The number of benzene rings is 1. The van der Waals surface area contributed by atoms with Crippen LogP contribution in [0.5, 0.6) is 0 Å². The molecular weight excluding hydrogens is 238 g/mol. The molecule has 1 N–H and O–H groups in total. The van der Waals surface area contributed by atoms with E-state index in [9.17, 15) is 0 Å². The molecule has 1 fully saturated rings. The molecule has 0 saturated heterocycles. The summed E-state index contributed by atoms with van der Waals surface area (Å²) in [6.45, 7) is 0. The summed E-state index contributed by atoms with van der Waals surface area (Å²) in [6.07, 6.45) is 7.15. The molecular formula is C16H17NS. The van der Waals surface area contributed by atoms with E-state index < -0.39 is 0 Å². The minimum atomic E-state index is 0.779. The van der Waals surface area contributed by atoms with Gasteiger partial charge in [0.2, 0.25) is 0 Å². The first-order valence-corrected chi connectivity index (χ1v) is 7.28. The number of rotatable bonds is 4. The van der Waals surface area contributed by atoms with E-state index in [-0.39, 0.29) is 0 Å². The van der Waals surface area contributed by atoms with Crippen molar-refractivity contribution in [1.82, 2.24) is 0 Å². The molecule has 0 atom stereocenters. The van der Waals surface area contributed by atoms with Gasteiger partial charge in [-0.3, -0.25) is 0 Å². The van der Waals surface area contributed by atoms with Crippen molar-refractivity contribution >= 4 is 29.2 Å². The molecule has 92 valence electrons. The molecule has 0 radical (unpaired) electrons. The summed E-state index contributed by atoms with van der Waals surface area (Å²) in [6, 6.07) is 10.8. The van der Waals surface area contributed by atoms with Gasteiger partial charge in [0.25, 0.3) is 0 Å². The fraction of sp³-hybridized carbons (Fsp3) is 0.250. The zero-order chi connectivity index (χ0) is 12.4. The minimum Gasteiger partial charge on any atom is -0.388 e. The van der Waals surface area contributed by atoms with E-state index in [1.807, 2.05) is 7.05 Å². The Morgan fingerprint density at radius 3 is 2.72 bits per heavy atom. The third-order valence-corrected chi connectivity index (χ3v) is 4.22. The van der Waals surface area contributed by atoms with Crippen molar-refractivity contribution < 1.29 is 0 Å². The minimum absolute atomic E-state index is 0.779. The molecule has 0 unspecified atom stereocenters. The second kappa shape index (κ2) is 4.99. The molecule has 2 heteroatoms. The van der Waals surface area contributed by atoms with Gasteiger partial charge in [-0.1, -0.05) is 24.3 Å². The second-order valence-corrected chi connectivity index (χ2v) is 5.66. The van der Waals surface area contributed by atoms with Crippen molar-refractivity contribution in [3.8, 4) is 0 Å². The zero-order valence-corrected chi connectivity index (χ0v) is 11.3. The average molecular weight is 255 g/mol. The SMILES string of the molecule is CNc1cccc(C2CC2)c1/C=C/c1cccs1. The Labute approximate surface area is 112 Å². The Hall–Kier alpha value is -1.54. The van der Waals surface area contributed by atoms with Crippen LogP contribution in [0.25, 0.3) is 12.2 Å². The number of hydrogen-bond acceptors (Lipinski definition) is 2. The summed E-state index contributed by atoms with van der Waals surface area (Å²) >= 11 is 1.78. The lowest BCUT2D eigenvalue weighted by Gasteiger charge is -2.10. The third-order valence-electron chi connectivity index (χ3n) is 3.38. The molecule has 1 nitrogen and oxygen atoms in total. The van der Waals surface area contributed by atoms with Gasteiger partial charge in [0, 0.05) is 23.2 Å². The molecule has 1 aliphatic rings. The van der Waals surface area contributed by atoms with Crippen LogP contribution in [-0.2, 0) is 0 Å². The number of anilines is 1. The van der Waals surface area contributed by atoms with Crippen molar-refractivity contribution in [1.29, 1.82) is 0 Å². The Morgan fingerprint density at radius 1 is 1.17 bits per heavy atom. The van der Waals surface area contributed by atoms with Gasteiger partial charge in [-0.2, -0.15) is 0 Å². The highest BCUT2D eigenvalue weighted by Gasteiger charge is 2.26. The Kier molecular flexibility index (Phi) is 3.20. The Morgan fingerprint density at radius 2 is 2.06 bits per heavy atom. The fourth-order valence-electron chi connectivity index (χ4n) is 2.29. The monoisotopic (exact) mass is 255 g/mol. The summed E-state index contributed by atoms with van der Waals surface area (Å²) in [5, 5.41) is 5.42. The Bertz CT molecular complexity index is 550. The number of nitrogens with one attached hydrogen (secondary N) is 1. The van der Waals surface area contributed by atoms with Crippen molar-refractivity contribution in [2.24, 2.45) is 0 Å². The van der Waals surface area contributed by atoms with Crippen LogP contribution in [0.15, 0.2) is 35.7 Å². The first-order chi connectivity index (χ1) is 8.88. The van der Waals surface area contributed by atoms with Crippen molar-refractivity contribution in [3.05, 3.63) is 51.7 Å². The topological polar surface area (TPSA) is 12.0 Å². The molecule has 0 amide bonds. The first kappa shape index (κ1) is 11.5. The largest absolute Gasteiger partial charge is 0.388 e. The molecule has 0 aliphatic heterocycles. The van der Waals surface area contributed by atoms with Gasteiger partial charge in [0.05, 0.1) is 0 Å². The molecule has 0 spiro atoms. The average Bonchev–Trinajstić information content (AvgIpc) is 3.12. The van der Waals surface area contributed by atoms with Gasteiger partial charge in [0.15, 0.2) is 0 Å². The lowest BCUT2D eigenvalue weighted by Crippen LogP contribution is -1.95. The van der Waals surface area contributed by atoms with Gasteiger partial charge in [0.1, 0.15) is 0 Å². The van der Waals surface area contributed by atoms with E-state index in [0.29, 0.717) is 0 Å². The normalized spacial score (nSPS) is 15.2. The van der Waals surface area contributed by atoms with E-state index in [0.717, 1.165) is 5.92 Å². The summed E-state index contributed by atoms with van der Waals surface area (Å²) in [7, 11) is 1.99. The van der Waals surface area contributed by atoms with Gasteiger partial charge < -0.3 is 5.32 Å². The predicted molar refractivity (Wildman–Crippen MR) is 81.2 cm³/mol. The van der Waals surface area contributed by atoms with Gasteiger partial charge >= 0.3 is 0 Å². The lowest BCUT2D eigenvalue weighted by molar-refractivity contribution is 1.12. The number of hydrogen-bond donors (Lipinski definition) is 1. The van der Waals surface area contributed by atoms with Crippen LogP contribution in [0.2, 0.25) is 0 Å². The lowest BCUT2D eigenvalue weighted by atomic mass is 10.0. The van der Waals surface area contributed by atoms with Crippen LogP contribution < -0.4 is 5.32 Å². The van der Waals surface area contributed by atoms with Crippen molar-refractivity contribution in [2.45, 2.75) is 18.8 Å². The highest BCUT2D eigenvalue weighted by Crippen LogP contribution is 2.43. The molecule has 1 aliphatic carbocycles. The molecule has 1 heterocycles. The van der Waals surface area contributed by atoms with Gasteiger partial charge in [-0.15, -0.1) is 11.3 Å². The zero-order valence-electron chi connectivity index (χ0n) is 10.5. The van der Waals surface area contributed by atoms with Crippen LogP contribution in [0, 0.1) is 0 Å². The standard InChI is InChI=1S/C16H17NS/c1-17-16-6-2-5-14(12-7-8-12)15(16)10-9-13-4-3-11-18-13/h2-6,9-12,17H,7-8H2,1H3/b10-9+. The summed E-state index contributed by atoms with van der Waals surface area (Å²) in [4.78, 5) is 1.31. The second-order valence-electron chi connectivity index (χ2n) is 4.68. The van der Waals surface area contributed by atoms with Crippen molar-refractivity contribution in [2.75, 3.05) is 12.4 Å². The van der Waals surface area contributed by atoms with Gasteiger partial charge in [-0.25, -0.2) is 0 Å². The molecule has 1 aromatic carbocycles. The van der Waals surface area contributed by atoms with Crippen molar-refractivity contribution in [3.63, 3.8) is 0 Å². The van der Waals surface area contributed by atoms with Crippen LogP contribution in [0.4, 0.5) is 5.69 Å². The van der Waals surface area contributed by atoms with Crippen LogP contribution in [0.1, 0.15) is 34.8 Å². The predicted octanol–water partition coefficient (Wildman–Crippen LogP) is 4.84.